The fourth-order valence-electron chi connectivity index (χ4n) is 1.46. The summed E-state index contributed by atoms with van der Waals surface area (Å²) in [5.41, 5.74) is -0.851. The first-order valence-electron chi connectivity index (χ1n) is 5.26. The highest BCUT2D eigenvalue weighted by molar-refractivity contribution is 6.29. The van der Waals surface area contributed by atoms with Gasteiger partial charge in [-0.05, 0) is 18.2 Å². The maximum absolute atomic E-state index is 12.5. The summed E-state index contributed by atoms with van der Waals surface area (Å²) >= 11 is 5.64. The largest absolute Gasteiger partial charge is 0.416 e. The van der Waals surface area contributed by atoms with Gasteiger partial charge in [0.1, 0.15) is 11.2 Å². The first-order chi connectivity index (χ1) is 9.40. The molecular weight excluding hydrogens is 293 g/mol. The van der Waals surface area contributed by atoms with E-state index in [0.29, 0.717) is 0 Å². The van der Waals surface area contributed by atoms with Crippen molar-refractivity contribution in [3.05, 3.63) is 46.9 Å². The van der Waals surface area contributed by atoms with Gasteiger partial charge in [-0.3, -0.25) is 4.98 Å². The Morgan fingerprint density at radius 2 is 2.00 bits per heavy atom. The number of alkyl halides is 3. The summed E-state index contributed by atoms with van der Waals surface area (Å²) in [5, 5.41) is 11.7. The summed E-state index contributed by atoms with van der Waals surface area (Å²) in [6.45, 7) is 0. The second kappa shape index (κ2) is 5.35. The van der Waals surface area contributed by atoms with E-state index in [1.165, 1.54) is 12.4 Å². The van der Waals surface area contributed by atoms with Crippen molar-refractivity contribution in [2.75, 3.05) is 5.32 Å². The lowest BCUT2D eigenvalue weighted by Gasteiger charge is -2.11. The predicted molar refractivity (Wildman–Crippen MR) is 66.5 cm³/mol. The molecule has 1 N–H and O–H groups in total. The van der Waals surface area contributed by atoms with E-state index < -0.39 is 11.7 Å². The Balaban J connectivity index is 2.36. The standard InChI is InChI=1S/C12H6ClF3N4/c13-10-5-18-6-11(20-10)19-9-2-1-8(12(14,15)16)3-7(9)4-17/h1-3,5-6H,(H,19,20). The van der Waals surface area contributed by atoms with Crippen molar-refractivity contribution in [1.29, 1.82) is 5.26 Å². The fraction of sp³-hybridized carbons (Fsp3) is 0.0833. The van der Waals surface area contributed by atoms with Crippen LogP contribution >= 0.6 is 11.6 Å². The van der Waals surface area contributed by atoms with Crippen molar-refractivity contribution >= 4 is 23.1 Å². The van der Waals surface area contributed by atoms with Crippen LogP contribution in [0.5, 0.6) is 0 Å². The topological polar surface area (TPSA) is 61.6 Å². The lowest BCUT2D eigenvalue weighted by molar-refractivity contribution is -0.137. The zero-order chi connectivity index (χ0) is 14.8. The van der Waals surface area contributed by atoms with Crippen molar-refractivity contribution in [3.8, 4) is 6.07 Å². The Kier molecular flexibility index (Phi) is 3.77. The number of benzene rings is 1. The fourth-order valence-corrected chi connectivity index (χ4v) is 1.61. The van der Waals surface area contributed by atoms with Crippen LogP contribution in [0.1, 0.15) is 11.1 Å². The Bertz CT molecular complexity index is 679. The molecule has 2 rings (SSSR count). The van der Waals surface area contributed by atoms with E-state index in [2.05, 4.69) is 15.3 Å². The average molecular weight is 299 g/mol. The van der Waals surface area contributed by atoms with Crippen molar-refractivity contribution < 1.29 is 13.2 Å². The molecule has 20 heavy (non-hydrogen) atoms. The highest BCUT2D eigenvalue weighted by Gasteiger charge is 2.31. The Hall–Kier alpha value is -2.33. The Morgan fingerprint density at radius 3 is 2.60 bits per heavy atom. The van der Waals surface area contributed by atoms with E-state index in [4.69, 9.17) is 16.9 Å². The average Bonchev–Trinajstić information content (AvgIpc) is 2.38. The smallest absolute Gasteiger partial charge is 0.338 e. The van der Waals surface area contributed by atoms with Gasteiger partial charge in [0.15, 0.2) is 5.82 Å². The third-order valence-corrected chi connectivity index (χ3v) is 2.52. The summed E-state index contributed by atoms with van der Waals surface area (Å²) in [5.74, 6) is 0.230. The second-order valence-corrected chi connectivity index (χ2v) is 4.11. The van der Waals surface area contributed by atoms with Crippen LogP contribution in [0, 0.1) is 11.3 Å². The zero-order valence-corrected chi connectivity index (χ0v) is 10.5. The minimum atomic E-state index is -4.50. The van der Waals surface area contributed by atoms with Crippen LogP contribution in [0.3, 0.4) is 0 Å². The lowest BCUT2D eigenvalue weighted by Crippen LogP contribution is -2.06. The van der Waals surface area contributed by atoms with Crippen LogP contribution in [0.15, 0.2) is 30.6 Å². The molecule has 8 heteroatoms. The summed E-state index contributed by atoms with van der Waals surface area (Å²) < 4.78 is 37.6. The molecule has 0 radical (unpaired) electrons. The van der Waals surface area contributed by atoms with Gasteiger partial charge in [0, 0.05) is 0 Å². The van der Waals surface area contributed by atoms with Gasteiger partial charge in [0.2, 0.25) is 0 Å². The van der Waals surface area contributed by atoms with E-state index in [0.717, 1.165) is 18.2 Å². The molecule has 0 saturated carbocycles. The SMILES string of the molecule is N#Cc1cc(C(F)(F)F)ccc1Nc1cncc(Cl)n1. The molecule has 0 aliphatic heterocycles. The predicted octanol–water partition coefficient (Wildman–Crippen LogP) is 3.76. The van der Waals surface area contributed by atoms with Gasteiger partial charge in [-0.15, -0.1) is 0 Å². The lowest BCUT2D eigenvalue weighted by atomic mass is 10.1. The van der Waals surface area contributed by atoms with Crippen molar-refractivity contribution in [3.63, 3.8) is 0 Å². The molecule has 0 unspecified atom stereocenters. The summed E-state index contributed by atoms with van der Waals surface area (Å²) in [6, 6.07) is 4.50. The molecule has 0 bridgehead atoms. The van der Waals surface area contributed by atoms with Crippen LogP contribution in [0.4, 0.5) is 24.7 Å². The normalized spacial score (nSPS) is 10.9. The molecule has 0 spiro atoms. The number of hydrogen-bond donors (Lipinski definition) is 1. The van der Waals surface area contributed by atoms with E-state index in [1.54, 1.807) is 6.07 Å². The number of hydrogen-bond acceptors (Lipinski definition) is 4. The quantitative estimate of drug-likeness (QED) is 0.917. The van der Waals surface area contributed by atoms with Gasteiger partial charge in [0.05, 0.1) is 29.2 Å². The highest BCUT2D eigenvalue weighted by atomic mass is 35.5. The second-order valence-electron chi connectivity index (χ2n) is 3.72. The summed E-state index contributed by atoms with van der Waals surface area (Å²) in [7, 11) is 0. The number of anilines is 2. The molecule has 1 aromatic carbocycles. The number of halogens is 4. The first-order valence-corrected chi connectivity index (χ1v) is 5.64. The van der Waals surface area contributed by atoms with Crippen molar-refractivity contribution in [2.45, 2.75) is 6.18 Å². The number of nitriles is 1. The molecule has 0 aliphatic carbocycles. The number of nitrogens with zero attached hydrogens (tertiary/aromatic N) is 3. The third-order valence-electron chi connectivity index (χ3n) is 2.34. The van der Waals surface area contributed by atoms with Crippen LogP contribution in [-0.4, -0.2) is 9.97 Å². The zero-order valence-electron chi connectivity index (χ0n) is 9.74. The summed E-state index contributed by atoms with van der Waals surface area (Å²) in [6.07, 6.45) is -1.85. The van der Waals surface area contributed by atoms with Crippen LogP contribution < -0.4 is 5.32 Å². The Labute approximate surface area is 116 Å². The molecule has 0 aliphatic rings. The highest BCUT2D eigenvalue weighted by Crippen LogP contribution is 2.32. The van der Waals surface area contributed by atoms with E-state index in [1.807, 2.05) is 0 Å². The molecule has 2 aromatic rings. The maximum atomic E-state index is 12.5. The van der Waals surface area contributed by atoms with Gasteiger partial charge in [-0.2, -0.15) is 18.4 Å². The minimum Gasteiger partial charge on any atom is -0.338 e. The van der Waals surface area contributed by atoms with E-state index >= 15 is 0 Å². The molecule has 0 amide bonds. The minimum absolute atomic E-state index is 0.125. The maximum Gasteiger partial charge on any atom is 0.416 e. The number of rotatable bonds is 2. The molecule has 1 heterocycles. The number of aromatic nitrogens is 2. The van der Waals surface area contributed by atoms with Gasteiger partial charge < -0.3 is 5.32 Å². The van der Waals surface area contributed by atoms with Gasteiger partial charge in [0.25, 0.3) is 0 Å². The summed E-state index contributed by atoms with van der Waals surface area (Å²) in [4.78, 5) is 7.65. The van der Waals surface area contributed by atoms with Crippen LogP contribution in [0.25, 0.3) is 0 Å². The molecule has 1 aromatic heterocycles. The monoisotopic (exact) mass is 298 g/mol. The van der Waals surface area contributed by atoms with Gasteiger partial charge in [-0.25, -0.2) is 4.98 Å². The van der Waals surface area contributed by atoms with Crippen LogP contribution in [0.2, 0.25) is 5.15 Å². The van der Waals surface area contributed by atoms with Gasteiger partial charge in [-0.1, -0.05) is 11.6 Å². The van der Waals surface area contributed by atoms with Crippen molar-refractivity contribution in [2.24, 2.45) is 0 Å². The molecule has 102 valence electrons. The van der Waals surface area contributed by atoms with Crippen molar-refractivity contribution in [1.82, 2.24) is 9.97 Å². The van der Waals surface area contributed by atoms with Gasteiger partial charge >= 0.3 is 6.18 Å². The number of nitrogens with one attached hydrogen (secondary N) is 1. The first kappa shape index (κ1) is 14.1. The van der Waals surface area contributed by atoms with Crippen LogP contribution in [-0.2, 0) is 6.18 Å². The van der Waals surface area contributed by atoms with E-state index in [-0.39, 0.29) is 22.2 Å². The molecular formula is C12H6ClF3N4. The van der Waals surface area contributed by atoms with E-state index in [9.17, 15) is 13.2 Å². The molecule has 0 atom stereocenters. The molecule has 0 fully saturated rings. The third kappa shape index (κ3) is 3.16. The Morgan fingerprint density at radius 1 is 1.25 bits per heavy atom. The molecule has 0 saturated heterocycles. The molecule has 4 nitrogen and oxygen atoms in total.